The normalized spacial score (nSPS) is 35.0. The van der Waals surface area contributed by atoms with Gasteiger partial charge in [-0.05, 0) is 19.9 Å². The first-order valence-corrected chi connectivity index (χ1v) is 6.65. The van der Waals surface area contributed by atoms with E-state index in [2.05, 4.69) is 0 Å². The van der Waals surface area contributed by atoms with Gasteiger partial charge >= 0.3 is 11.9 Å². The van der Waals surface area contributed by atoms with E-state index in [1.165, 1.54) is 13.8 Å². The van der Waals surface area contributed by atoms with Crippen LogP contribution in [-0.2, 0) is 28.5 Å². The molecule has 1 aliphatic carbocycles. The van der Waals surface area contributed by atoms with Crippen molar-refractivity contribution in [2.75, 3.05) is 0 Å². The predicted octanol–water partition coefficient (Wildman–Crippen LogP) is 1.33. The molecule has 6 nitrogen and oxygen atoms in total. The van der Waals surface area contributed by atoms with Crippen LogP contribution < -0.4 is 0 Å². The second-order valence-corrected chi connectivity index (χ2v) is 5.45. The molecule has 1 saturated heterocycles. The zero-order valence-corrected chi connectivity index (χ0v) is 12.1. The molecule has 1 fully saturated rings. The number of hydrogen-bond donors (Lipinski definition) is 0. The molecule has 6 heteroatoms. The minimum Gasteiger partial charge on any atom is -0.459 e. The van der Waals surface area contributed by atoms with E-state index in [0.717, 1.165) is 0 Å². The molecule has 0 saturated carbocycles. The molecule has 2 aliphatic rings. The molecule has 1 aliphatic heterocycles. The molecule has 0 radical (unpaired) electrons. The van der Waals surface area contributed by atoms with Crippen LogP contribution in [0, 0.1) is 0 Å². The number of carbonyl (C=O) groups excluding carboxylic acids is 2. The Balaban J connectivity index is 2.22. The van der Waals surface area contributed by atoms with E-state index in [4.69, 9.17) is 18.9 Å². The molecular weight excluding hydrogens is 264 g/mol. The van der Waals surface area contributed by atoms with Gasteiger partial charge in [-0.3, -0.25) is 9.59 Å². The summed E-state index contributed by atoms with van der Waals surface area (Å²) in [6.45, 7) is 6.26. The van der Waals surface area contributed by atoms with Gasteiger partial charge in [0.05, 0.1) is 0 Å². The van der Waals surface area contributed by atoms with Gasteiger partial charge in [0.15, 0.2) is 5.79 Å². The lowest BCUT2D eigenvalue weighted by atomic mass is 10.0. The van der Waals surface area contributed by atoms with Gasteiger partial charge in [0, 0.05) is 20.3 Å². The van der Waals surface area contributed by atoms with Crippen LogP contribution in [-0.4, -0.2) is 42.1 Å². The van der Waals surface area contributed by atoms with Crippen LogP contribution in [0.15, 0.2) is 12.2 Å². The molecule has 0 amide bonds. The van der Waals surface area contributed by atoms with Gasteiger partial charge in [-0.15, -0.1) is 0 Å². The summed E-state index contributed by atoms with van der Waals surface area (Å²) >= 11 is 0. The van der Waals surface area contributed by atoms with Gasteiger partial charge in [0.25, 0.3) is 0 Å². The highest BCUT2D eigenvalue weighted by Crippen LogP contribution is 2.36. The molecule has 0 N–H and O–H groups in total. The minimum atomic E-state index is -0.808. The summed E-state index contributed by atoms with van der Waals surface area (Å²) in [7, 11) is 0. The average molecular weight is 284 g/mol. The fraction of sp³-hybridized carbons (Fsp3) is 0.714. The molecular formula is C14H20O6. The lowest BCUT2D eigenvalue weighted by Crippen LogP contribution is -2.43. The second kappa shape index (κ2) is 5.54. The Morgan fingerprint density at radius 1 is 1.10 bits per heavy atom. The topological polar surface area (TPSA) is 71.1 Å². The van der Waals surface area contributed by atoms with E-state index >= 15 is 0 Å². The summed E-state index contributed by atoms with van der Waals surface area (Å²) in [5.74, 6) is -1.57. The Bertz CT molecular complexity index is 427. The number of carbonyl (C=O) groups is 2. The van der Waals surface area contributed by atoms with Crippen LogP contribution in [0.2, 0.25) is 0 Å². The van der Waals surface area contributed by atoms with Gasteiger partial charge < -0.3 is 18.9 Å². The molecule has 0 aromatic heterocycles. The lowest BCUT2D eigenvalue weighted by Gasteiger charge is -2.26. The molecule has 0 spiro atoms. The molecule has 0 aromatic carbocycles. The smallest absolute Gasteiger partial charge is 0.303 e. The minimum absolute atomic E-state index is 0.374. The quantitative estimate of drug-likeness (QED) is 0.563. The van der Waals surface area contributed by atoms with Crippen LogP contribution in [0.1, 0.15) is 34.1 Å². The number of rotatable bonds is 2. The number of fused-ring (bicyclic) bond motifs is 1. The molecule has 0 bridgehead atoms. The summed E-state index contributed by atoms with van der Waals surface area (Å²) in [5.41, 5.74) is 0. The average Bonchev–Trinajstić information content (AvgIpc) is 2.54. The van der Waals surface area contributed by atoms with Gasteiger partial charge in [-0.25, -0.2) is 0 Å². The molecule has 4 atom stereocenters. The number of hydrogen-bond acceptors (Lipinski definition) is 6. The van der Waals surface area contributed by atoms with Gasteiger partial charge in [0.1, 0.15) is 24.4 Å². The Morgan fingerprint density at radius 2 is 1.70 bits per heavy atom. The van der Waals surface area contributed by atoms with Crippen molar-refractivity contribution in [3.8, 4) is 0 Å². The summed E-state index contributed by atoms with van der Waals surface area (Å²) in [4.78, 5) is 22.4. The second-order valence-electron chi connectivity index (χ2n) is 5.45. The monoisotopic (exact) mass is 284 g/mol. The van der Waals surface area contributed by atoms with Crippen molar-refractivity contribution in [1.29, 1.82) is 0 Å². The molecule has 20 heavy (non-hydrogen) atoms. The zero-order valence-electron chi connectivity index (χ0n) is 12.1. The first kappa shape index (κ1) is 15.0. The third kappa shape index (κ3) is 3.37. The van der Waals surface area contributed by atoms with E-state index < -0.39 is 36.2 Å². The molecule has 112 valence electrons. The van der Waals surface area contributed by atoms with E-state index in [1.807, 2.05) is 6.08 Å². The SMILES string of the molecule is CC(=O)O[C@H]1CC=C[C@@H](OC(C)=O)[C@@H]2OC(C)(C)O[C@@H]21. The Labute approximate surface area is 118 Å². The summed E-state index contributed by atoms with van der Waals surface area (Å²) in [5, 5.41) is 0. The van der Waals surface area contributed by atoms with Gasteiger partial charge in [0.2, 0.25) is 0 Å². The first-order chi connectivity index (χ1) is 9.28. The highest BCUT2D eigenvalue weighted by Gasteiger charge is 2.50. The number of esters is 2. The van der Waals surface area contributed by atoms with E-state index in [9.17, 15) is 9.59 Å². The van der Waals surface area contributed by atoms with Gasteiger partial charge in [-0.2, -0.15) is 0 Å². The van der Waals surface area contributed by atoms with Crippen molar-refractivity contribution in [3.63, 3.8) is 0 Å². The maximum Gasteiger partial charge on any atom is 0.303 e. The lowest BCUT2D eigenvalue weighted by molar-refractivity contribution is -0.172. The van der Waals surface area contributed by atoms with Gasteiger partial charge in [-0.1, -0.05) is 6.08 Å². The largest absolute Gasteiger partial charge is 0.459 e. The van der Waals surface area contributed by atoms with Crippen LogP contribution in [0.25, 0.3) is 0 Å². The fourth-order valence-corrected chi connectivity index (χ4v) is 2.58. The van der Waals surface area contributed by atoms with Crippen molar-refractivity contribution in [1.82, 2.24) is 0 Å². The van der Waals surface area contributed by atoms with Crippen molar-refractivity contribution < 1.29 is 28.5 Å². The van der Waals surface area contributed by atoms with E-state index in [-0.39, 0.29) is 5.97 Å². The molecule has 1 heterocycles. The highest BCUT2D eigenvalue weighted by atomic mass is 16.8. The first-order valence-electron chi connectivity index (χ1n) is 6.65. The Kier molecular flexibility index (Phi) is 4.15. The maximum absolute atomic E-state index is 11.2. The van der Waals surface area contributed by atoms with Crippen molar-refractivity contribution in [3.05, 3.63) is 12.2 Å². The third-order valence-electron chi connectivity index (χ3n) is 3.17. The zero-order chi connectivity index (χ0) is 14.9. The highest BCUT2D eigenvalue weighted by molar-refractivity contribution is 5.67. The summed E-state index contributed by atoms with van der Waals surface area (Å²) in [6.07, 6.45) is 2.13. The summed E-state index contributed by atoms with van der Waals surface area (Å²) < 4.78 is 22.2. The summed E-state index contributed by atoms with van der Waals surface area (Å²) in [6, 6.07) is 0. The van der Waals surface area contributed by atoms with Crippen molar-refractivity contribution in [2.45, 2.75) is 64.3 Å². The Hall–Kier alpha value is -1.40. The predicted molar refractivity (Wildman–Crippen MR) is 68.7 cm³/mol. The van der Waals surface area contributed by atoms with Crippen molar-refractivity contribution >= 4 is 11.9 Å². The van der Waals surface area contributed by atoms with Crippen LogP contribution >= 0.6 is 0 Å². The maximum atomic E-state index is 11.2. The van der Waals surface area contributed by atoms with Crippen LogP contribution in [0.3, 0.4) is 0 Å². The molecule has 2 rings (SSSR count). The third-order valence-corrected chi connectivity index (χ3v) is 3.17. The fourth-order valence-electron chi connectivity index (χ4n) is 2.58. The van der Waals surface area contributed by atoms with Crippen LogP contribution in [0.5, 0.6) is 0 Å². The van der Waals surface area contributed by atoms with E-state index in [0.29, 0.717) is 6.42 Å². The Morgan fingerprint density at radius 3 is 2.30 bits per heavy atom. The standard InChI is InChI=1S/C14H20O6/c1-8(15)17-10-6-5-7-11(18-9(2)16)13-12(10)19-14(3,4)20-13/h5-6,10-13H,7H2,1-4H3/t10-,11+,12+,13-/m1/s1. The molecule has 0 unspecified atom stereocenters. The number of ether oxygens (including phenoxy) is 4. The molecule has 0 aromatic rings. The van der Waals surface area contributed by atoms with Crippen molar-refractivity contribution in [2.24, 2.45) is 0 Å². The van der Waals surface area contributed by atoms with Crippen LogP contribution in [0.4, 0.5) is 0 Å². The van der Waals surface area contributed by atoms with E-state index in [1.54, 1.807) is 19.9 Å².